The highest BCUT2D eigenvalue weighted by Gasteiger charge is 2.20. The monoisotopic (exact) mass is 496 g/mol. The molecule has 1 N–H and O–H groups in total. The van der Waals surface area contributed by atoms with Gasteiger partial charge in [0.25, 0.3) is 10.0 Å². The molecule has 0 aliphatic carbocycles. The van der Waals surface area contributed by atoms with Crippen LogP contribution in [0, 0.1) is 5.82 Å². The fourth-order valence-electron chi connectivity index (χ4n) is 4.37. The van der Waals surface area contributed by atoms with Crippen LogP contribution in [0.1, 0.15) is 16.7 Å². The number of nitrogens with zero attached hydrogens (tertiary/aromatic N) is 3. The van der Waals surface area contributed by atoms with E-state index in [0.717, 1.165) is 42.9 Å². The summed E-state index contributed by atoms with van der Waals surface area (Å²) in [7, 11) is 4.11. The third kappa shape index (κ3) is 5.94. The van der Waals surface area contributed by atoms with Gasteiger partial charge in [0.2, 0.25) is 0 Å². The number of fused-ring (bicyclic) bond motifs is 1. The molecule has 0 aromatic heterocycles. The first kappa shape index (κ1) is 25.0. The summed E-state index contributed by atoms with van der Waals surface area (Å²) < 4.78 is 42.6. The molecule has 0 unspecified atom stereocenters. The van der Waals surface area contributed by atoms with E-state index in [1.54, 1.807) is 36.4 Å². The lowest BCUT2D eigenvalue weighted by molar-refractivity contribution is 0.352. The highest BCUT2D eigenvalue weighted by molar-refractivity contribution is 7.92. The molecule has 6 nitrogen and oxygen atoms in total. The third-order valence-electron chi connectivity index (χ3n) is 6.49. The van der Waals surface area contributed by atoms with Crippen LogP contribution in [0.3, 0.4) is 0 Å². The highest BCUT2D eigenvalue weighted by atomic mass is 32.2. The van der Waals surface area contributed by atoms with E-state index in [1.807, 2.05) is 37.0 Å². The minimum atomic E-state index is -3.77. The van der Waals surface area contributed by atoms with Gasteiger partial charge in [0.1, 0.15) is 5.82 Å². The molecule has 0 bridgehead atoms. The Labute approximate surface area is 208 Å². The molecule has 1 aliphatic rings. The van der Waals surface area contributed by atoms with Gasteiger partial charge in [-0.15, -0.1) is 0 Å². The van der Waals surface area contributed by atoms with E-state index < -0.39 is 10.0 Å². The first-order chi connectivity index (χ1) is 16.6. The zero-order valence-corrected chi connectivity index (χ0v) is 21.6. The molecule has 4 rings (SSSR count). The molecule has 1 heterocycles. The summed E-state index contributed by atoms with van der Waals surface area (Å²) in [5, 5.41) is 0. The Hall–Kier alpha value is -3.10. The Morgan fingerprint density at radius 1 is 0.914 bits per heavy atom. The fourth-order valence-corrected chi connectivity index (χ4v) is 5.43. The van der Waals surface area contributed by atoms with Crippen molar-refractivity contribution in [3.8, 4) is 0 Å². The largest absolute Gasteiger partial charge is 0.376 e. The maximum atomic E-state index is 13.3. The topological polar surface area (TPSA) is 55.9 Å². The molecule has 0 saturated heterocycles. The molecule has 8 heteroatoms. The summed E-state index contributed by atoms with van der Waals surface area (Å²) >= 11 is 0. The smallest absolute Gasteiger partial charge is 0.261 e. The minimum absolute atomic E-state index is 0.204. The number of likely N-dealkylation sites (N-methyl/N-ethyl adjacent to an activating group) is 1. The van der Waals surface area contributed by atoms with Crippen molar-refractivity contribution in [2.75, 3.05) is 55.8 Å². The first-order valence-electron chi connectivity index (χ1n) is 11.7. The Bertz CT molecular complexity index is 1280. The van der Waals surface area contributed by atoms with Gasteiger partial charge in [0, 0.05) is 46.5 Å². The predicted octanol–water partition coefficient (Wildman–Crippen LogP) is 4.36. The van der Waals surface area contributed by atoms with Gasteiger partial charge >= 0.3 is 0 Å². The van der Waals surface area contributed by atoms with Gasteiger partial charge in [-0.25, -0.2) is 12.8 Å². The van der Waals surface area contributed by atoms with Crippen LogP contribution < -0.4 is 14.5 Å². The van der Waals surface area contributed by atoms with Crippen molar-refractivity contribution >= 4 is 27.1 Å². The SMILES string of the molecule is CN1CCc2cc(NS(=O)(=O)c3ccc(N(C)Cc4ccc(F)cc4)cc3)c(N(C)C)cc2CC1. The lowest BCUT2D eigenvalue weighted by Crippen LogP contribution is -2.20. The van der Waals surface area contributed by atoms with Crippen LogP contribution in [-0.4, -0.2) is 54.6 Å². The van der Waals surface area contributed by atoms with Crippen LogP contribution in [0.2, 0.25) is 0 Å². The standard InChI is InChI=1S/C27H33FN4O2S/c1-30(2)27-18-22-14-16-31(3)15-13-21(22)17-26(27)29-35(33,34)25-11-9-24(10-12-25)32(4)19-20-5-7-23(28)8-6-20/h5-12,17-18,29H,13-16,19H2,1-4H3. The number of sulfonamides is 1. The highest BCUT2D eigenvalue weighted by Crippen LogP contribution is 2.32. The normalized spacial score (nSPS) is 14.2. The summed E-state index contributed by atoms with van der Waals surface area (Å²) in [6.45, 7) is 2.53. The summed E-state index contributed by atoms with van der Waals surface area (Å²) in [4.78, 5) is 6.44. The lowest BCUT2D eigenvalue weighted by Gasteiger charge is -2.22. The van der Waals surface area contributed by atoms with E-state index in [4.69, 9.17) is 0 Å². The molecule has 1 aliphatic heterocycles. The number of nitrogens with one attached hydrogen (secondary N) is 1. The molecular weight excluding hydrogens is 463 g/mol. The second kappa shape index (κ2) is 10.3. The van der Waals surface area contributed by atoms with Crippen LogP contribution in [0.15, 0.2) is 65.6 Å². The Kier molecular flexibility index (Phi) is 7.33. The lowest BCUT2D eigenvalue weighted by atomic mass is 10.0. The molecule has 0 radical (unpaired) electrons. The van der Waals surface area contributed by atoms with Crippen molar-refractivity contribution in [3.05, 3.63) is 83.2 Å². The maximum absolute atomic E-state index is 13.3. The molecule has 0 atom stereocenters. The summed E-state index contributed by atoms with van der Waals surface area (Å²) in [6, 6.07) is 17.3. The molecule has 35 heavy (non-hydrogen) atoms. The van der Waals surface area contributed by atoms with Crippen LogP contribution in [0.4, 0.5) is 21.5 Å². The second-order valence-corrected chi connectivity index (χ2v) is 11.1. The zero-order chi connectivity index (χ0) is 25.2. The Balaban J connectivity index is 1.54. The number of hydrogen-bond acceptors (Lipinski definition) is 5. The van der Waals surface area contributed by atoms with Crippen molar-refractivity contribution in [1.82, 2.24) is 4.90 Å². The van der Waals surface area contributed by atoms with Gasteiger partial charge in [-0.2, -0.15) is 0 Å². The molecular formula is C27H33FN4O2S. The van der Waals surface area contributed by atoms with Crippen molar-refractivity contribution in [1.29, 1.82) is 0 Å². The fraction of sp³-hybridized carbons (Fsp3) is 0.333. The quantitative estimate of drug-likeness (QED) is 0.527. The van der Waals surface area contributed by atoms with E-state index >= 15 is 0 Å². The number of halogens is 1. The van der Waals surface area contributed by atoms with Gasteiger partial charge < -0.3 is 14.7 Å². The number of anilines is 3. The third-order valence-corrected chi connectivity index (χ3v) is 7.87. The average Bonchev–Trinajstić information content (AvgIpc) is 3.01. The first-order valence-corrected chi connectivity index (χ1v) is 13.2. The van der Waals surface area contributed by atoms with Crippen molar-refractivity contribution in [2.45, 2.75) is 24.3 Å². The zero-order valence-electron chi connectivity index (χ0n) is 20.8. The Morgan fingerprint density at radius 3 is 2.11 bits per heavy atom. The van der Waals surface area contributed by atoms with E-state index in [2.05, 4.69) is 22.7 Å². The number of benzene rings is 3. The number of hydrogen-bond donors (Lipinski definition) is 1. The molecule has 3 aromatic carbocycles. The van der Waals surface area contributed by atoms with Crippen LogP contribution in [-0.2, 0) is 29.4 Å². The summed E-state index contributed by atoms with van der Waals surface area (Å²) in [6.07, 6.45) is 1.84. The van der Waals surface area contributed by atoms with Gasteiger partial charge in [-0.05, 0) is 85.1 Å². The second-order valence-electron chi connectivity index (χ2n) is 9.42. The van der Waals surface area contributed by atoms with Gasteiger partial charge in [-0.1, -0.05) is 12.1 Å². The number of rotatable bonds is 7. The van der Waals surface area contributed by atoms with Gasteiger partial charge in [-0.3, -0.25) is 4.72 Å². The van der Waals surface area contributed by atoms with Gasteiger partial charge in [0.15, 0.2) is 0 Å². The van der Waals surface area contributed by atoms with Crippen molar-refractivity contribution < 1.29 is 12.8 Å². The average molecular weight is 497 g/mol. The predicted molar refractivity (Wildman–Crippen MR) is 141 cm³/mol. The molecule has 0 fully saturated rings. The van der Waals surface area contributed by atoms with E-state index in [1.165, 1.54) is 23.3 Å². The molecule has 3 aromatic rings. The van der Waals surface area contributed by atoms with Crippen LogP contribution in [0.5, 0.6) is 0 Å². The van der Waals surface area contributed by atoms with Gasteiger partial charge in [0.05, 0.1) is 16.3 Å². The van der Waals surface area contributed by atoms with Crippen molar-refractivity contribution in [3.63, 3.8) is 0 Å². The molecule has 0 amide bonds. The minimum Gasteiger partial charge on any atom is -0.376 e. The van der Waals surface area contributed by atoms with Crippen LogP contribution in [0.25, 0.3) is 0 Å². The van der Waals surface area contributed by atoms with E-state index in [0.29, 0.717) is 12.2 Å². The summed E-state index contributed by atoms with van der Waals surface area (Å²) in [5.41, 5.74) is 5.75. The molecule has 0 saturated carbocycles. The van der Waals surface area contributed by atoms with Crippen LogP contribution >= 0.6 is 0 Å². The van der Waals surface area contributed by atoms with Crippen molar-refractivity contribution in [2.24, 2.45) is 0 Å². The van der Waals surface area contributed by atoms with E-state index in [9.17, 15) is 12.8 Å². The maximum Gasteiger partial charge on any atom is 0.261 e. The Morgan fingerprint density at radius 2 is 1.51 bits per heavy atom. The summed E-state index contributed by atoms with van der Waals surface area (Å²) in [5.74, 6) is -0.266. The molecule has 0 spiro atoms. The van der Waals surface area contributed by atoms with E-state index in [-0.39, 0.29) is 10.7 Å². The molecule has 186 valence electrons.